The van der Waals surface area contributed by atoms with Gasteiger partial charge in [-0.1, -0.05) is 30.3 Å². The third kappa shape index (κ3) is 6.72. The molecule has 3 rings (SSSR count). The fraction of sp³-hybridized carbons (Fsp3) is 0.455. The van der Waals surface area contributed by atoms with Gasteiger partial charge in [-0.15, -0.1) is 0 Å². The third-order valence-corrected chi connectivity index (χ3v) is 5.10. The Morgan fingerprint density at radius 1 is 1.00 bits per heavy atom. The Morgan fingerprint density at radius 3 is 2.40 bits per heavy atom. The number of piperazine rings is 1. The van der Waals surface area contributed by atoms with Crippen LogP contribution in [0.1, 0.15) is 18.4 Å². The largest absolute Gasteiger partial charge is 0.356 e. The van der Waals surface area contributed by atoms with Gasteiger partial charge in [0, 0.05) is 65.1 Å². The standard InChI is InChI=1S/C22H31N7O/c1-23-21(24-11-5-9-19-7-3-2-4-8-19)25-14-10-20(30)28-15-17-29(18-16-28)22-26-12-6-13-27-22/h2-4,6-8,12-13H,5,9-11,14-18H2,1H3,(H2,23,24,25). The van der Waals surface area contributed by atoms with Gasteiger partial charge in [0.1, 0.15) is 0 Å². The average Bonchev–Trinajstić information content (AvgIpc) is 2.82. The number of amides is 1. The van der Waals surface area contributed by atoms with Crippen LogP contribution in [0.3, 0.4) is 0 Å². The molecule has 1 aromatic heterocycles. The van der Waals surface area contributed by atoms with Crippen molar-refractivity contribution in [2.24, 2.45) is 4.99 Å². The van der Waals surface area contributed by atoms with E-state index in [0.29, 0.717) is 26.1 Å². The summed E-state index contributed by atoms with van der Waals surface area (Å²) < 4.78 is 0. The Bertz CT molecular complexity index is 790. The number of aliphatic imine (C=N–C) groups is 1. The molecule has 2 N–H and O–H groups in total. The fourth-order valence-electron chi connectivity index (χ4n) is 3.42. The molecule has 1 fully saturated rings. The van der Waals surface area contributed by atoms with Gasteiger partial charge in [-0.25, -0.2) is 9.97 Å². The second-order valence-electron chi connectivity index (χ2n) is 7.18. The first-order chi connectivity index (χ1) is 14.8. The fourth-order valence-corrected chi connectivity index (χ4v) is 3.42. The van der Waals surface area contributed by atoms with E-state index < -0.39 is 0 Å². The summed E-state index contributed by atoms with van der Waals surface area (Å²) in [7, 11) is 1.75. The second kappa shape index (κ2) is 11.7. The van der Waals surface area contributed by atoms with Crippen LogP contribution in [0.15, 0.2) is 53.8 Å². The second-order valence-corrected chi connectivity index (χ2v) is 7.18. The molecule has 2 heterocycles. The number of nitrogens with zero attached hydrogens (tertiary/aromatic N) is 5. The molecule has 0 unspecified atom stereocenters. The Kier molecular flexibility index (Phi) is 8.44. The maximum atomic E-state index is 12.5. The number of hydrogen-bond acceptors (Lipinski definition) is 5. The lowest BCUT2D eigenvalue weighted by Gasteiger charge is -2.34. The van der Waals surface area contributed by atoms with Crippen LogP contribution in [0.4, 0.5) is 5.95 Å². The zero-order valence-corrected chi connectivity index (χ0v) is 17.6. The lowest BCUT2D eigenvalue weighted by Crippen LogP contribution is -2.50. The maximum absolute atomic E-state index is 12.5. The van der Waals surface area contributed by atoms with Crippen molar-refractivity contribution in [3.8, 4) is 0 Å². The predicted octanol–water partition coefficient (Wildman–Crippen LogP) is 1.31. The van der Waals surface area contributed by atoms with Crippen LogP contribution in [0, 0.1) is 0 Å². The topological polar surface area (TPSA) is 85.8 Å². The summed E-state index contributed by atoms with van der Waals surface area (Å²) >= 11 is 0. The van der Waals surface area contributed by atoms with Crippen molar-refractivity contribution < 1.29 is 4.79 Å². The molecule has 160 valence electrons. The molecule has 30 heavy (non-hydrogen) atoms. The van der Waals surface area contributed by atoms with E-state index in [-0.39, 0.29) is 5.91 Å². The normalized spacial score (nSPS) is 14.5. The van der Waals surface area contributed by atoms with Crippen LogP contribution >= 0.6 is 0 Å². The maximum Gasteiger partial charge on any atom is 0.225 e. The molecule has 1 aliphatic heterocycles. The van der Waals surface area contributed by atoms with Gasteiger partial charge < -0.3 is 20.4 Å². The number of anilines is 1. The SMILES string of the molecule is CN=C(NCCCc1ccccc1)NCCC(=O)N1CCN(c2ncccn2)CC1. The van der Waals surface area contributed by atoms with E-state index in [1.807, 2.05) is 17.0 Å². The Balaban J connectivity index is 1.29. The van der Waals surface area contributed by atoms with Gasteiger partial charge in [0.25, 0.3) is 0 Å². The summed E-state index contributed by atoms with van der Waals surface area (Å²) in [4.78, 5) is 29.3. The third-order valence-electron chi connectivity index (χ3n) is 5.10. The lowest BCUT2D eigenvalue weighted by molar-refractivity contribution is -0.131. The molecule has 0 aliphatic carbocycles. The highest BCUT2D eigenvalue weighted by Gasteiger charge is 2.22. The van der Waals surface area contributed by atoms with Crippen LogP contribution in [-0.2, 0) is 11.2 Å². The van der Waals surface area contributed by atoms with E-state index in [9.17, 15) is 4.79 Å². The Morgan fingerprint density at radius 2 is 1.70 bits per heavy atom. The van der Waals surface area contributed by atoms with Crippen LogP contribution in [0.5, 0.6) is 0 Å². The summed E-state index contributed by atoms with van der Waals surface area (Å²) in [6.45, 7) is 4.32. The molecule has 0 bridgehead atoms. The molecule has 1 aliphatic rings. The summed E-state index contributed by atoms with van der Waals surface area (Å²) in [6, 6.07) is 12.3. The molecule has 1 aromatic carbocycles. The zero-order valence-electron chi connectivity index (χ0n) is 17.6. The first kappa shape index (κ1) is 21.5. The van der Waals surface area contributed by atoms with Crippen molar-refractivity contribution in [3.63, 3.8) is 0 Å². The van der Waals surface area contributed by atoms with Crippen LogP contribution < -0.4 is 15.5 Å². The minimum Gasteiger partial charge on any atom is -0.356 e. The highest BCUT2D eigenvalue weighted by molar-refractivity contribution is 5.81. The van der Waals surface area contributed by atoms with Crippen molar-refractivity contribution in [2.45, 2.75) is 19.3 Å². The smallest absolute Gasteiger partial charge is 0.225 e. The number of carbonyl (C=O) groups is 1. The van der Waals surface area contributed by atoms with E-state index in [0.717, 1.165) is 44.4 Å². The molecular weight excluding hydrogens is 378 g/mol. The number of aromatic nitrogens is 2. The lowest BCUT2D eigenvalue weighted by atomic mass is 10.1. The van der Waals surface area contributed by atoms with Gasteiger partial charge in [0.2, 0.25) is 11.9 Å². The number of aryl methyl sites for hydroxylation is 1. The van der Waals surface area contributed by atoms with Crippen molar-refractivity contribution in [1.82, 2.24) is 25.5 Å². The van der Waals surface area contributed by atoms with Crippen LogP contribution in [-0.4, -0.2) is 73.1 Å². The minimum absolute atomic E-state index is 0.163. The van der Waals surface area contributed by atoms with Gasteiger partial charge in [0.15, 0.2) is 5.96 Å². The number of rotatable bonds is 8. The molecule has 2 aromatic rings. The molecular formula is C22H31N7O. The molecule has 8 nitrogen and oxygen atoms in total. The van der Waals surface area contributed by atoms with E-state index in [4.69, 9.17) is 0 Å². The van der Waals surface area contributed by atoms with Crippen molar-refractivity contribution in [2.75, 3.05) is 51.2 Å². The molecule has 0 saturated carbocycles. The first-order valence-corrected chi connectivity index (χ1v) is 10.5. The number of nitrogens with one attached hydrogen (secondary N) is 2. The number of guanidine groups is 1. The molecule has 0 atom stereocenters. The average molecular weight is 410 g/mol. The zero-order chi connectivity index (χ0) is 21.0. The number of benzene rings is 1. The van der Waals surface area contributed by atoms with E-state index in [1.165, 1.54) is 5.56 Å². The van der Waals surface area contributed by atoms with E-state index >= 15 is 0 Å². The summed E-state index contributed by atoms with van der Waals surface area (Å²) in [5, 5.41) is 6.54. The monoisotopic (exact) mass is 409 g/mol. The van der Waals surface area contributed by atoms with E-state index in [1.54, 1.807) is 19.4 Å². The Labute approximate surface area is 178 Å². The van der Waals surface area contributed by atoms with Gasteiger partial charge in [0.05, 0.1) is 0 Å². The highest BCUT2D eigenvalue weighted by atomic mass is 16.2. The van der Waals surface area contributed by atoms with Gasteiger partial charge in [-0.3, -0.25) is 9.79 Å². The Hall–Kier alpha value is -3.16. The predicted molar refractivity (Wildman–Crippen MR) is 120 cm³/mol. The molecule has 0 radical (unpaired) electrons. The molecule has 1 saturated heterocycles. The molecule has 1 amide bonds. The molecule has 8 heteroatoms. The van der Waals surface area contributed by atoms with Gasteiger partial charge >= 0.3 is 0 Å². The number of hydrogen-bond donors (Lipinski definition) is 2. The molecule has 0 spiro atoms. The summed E-state index contributed by atoms with van der Waals surface area (Å²) in [6.07, 6.45) is 6.00. The minimum atomic E-state index is 0.163. The van der Waals surface area contributed by atoms with Crippen molar-refractivity contribution in [3.05, 3.63) is 54.4 Å². The quantitative estimate of drug-likeness (QED) is 0.389. The summed E-state index contributed by atoms with van der Waals surface area (Å²) in [5.41, 5.74) is 1.34. The van der Waals surface area contributed by atoms with Crippen molar-refractivity contribution >= 4 is 17.8 Å². The van der Waals surface area contributed by atoms with Gasteiger partial charge in [-0.05, 0) is 24.5 Å². The van der Waals surface area contributed by atoms with Gasteiger partial charge in [-0.2, -0.15) is 0 Å². The highest BCUT2D eigenvalue weighted by Crippen LogP contribution is 2.10. The van der Waals surface area contributed by atoms with Crippen LogP contribution in [0.25, 0.3) is 0 Å². The van der Waals surface area contributed by atoms with Crippen molar-refractivity contribution in [1.29, 1.82) is 0 Å². The van der Waals surface area contributed by atoms with E-state index in [2.05, 4.69) is 54.8 Å². The number of carbonyl (C=O) groups excluding carboxylic acids is 1. The van der Waals surface area contributed by atoms with Crippen LogP contribution in [0.2, 0.25) is 0 Å². The summed E-state index contributed by atoms with van der Waals surface area (Å²) in [5.74, 6) is 1.63. The first-order valence-electron chi connectivity index (χ1n) is 10.5.